The highest BCUT2D eigenvalue weighted by Crippen LogP contribution is 2.13. The summed E-state index contributed by atoms with van der Waals surface area (Å²) in [5.74, 6) is 0. The van der Waals surface area contributed by atoms with Crippen molar-refractivity contribution in [3.8, 4) is 6.07 Å². The highest BCUT2D eigenvalue weighted by Gasteiger charge is 1.94. The average molecular weight is 279 g/mol. The Morgan fingerprint density at radius 3 is 1.10 bits per heavy atom. The highest BCUT2D eigenvalue weighted by atomic mass is 14.2. The van der Waals surface area contributed by atoms with Gasteiger partial charge < -0.3 is 0 Å². The Morgan fingerprint density at radius 2 is 0.800 bits per heavy atom. The number of hydrogen-bond donors (Lipinski definition) is 0. The monoisotopic (exact) mass is 278 g/mol. The van der Waals surface area contributed by atoms with Gasteiger partial charge in [0.05, 0.1) is 6.07 Å². The molecule has 0 N–H and O–H groups in total. The van der Waals surface area contributed by atoms with E-state index in [4.69, 9.17) is 5.26 Å². The Kier molecular flexibility index (Phi) is 18.0. The Morgan fingerprint density at radius 1 is 0.500 bits per heavy atom. The molecule has 117 valence electrons. The minimum atomic E-state index is 0.745. The fourth-order valence-corrected chi connectivity index (χ4v) is 2.68. The molecular weight excluding hydrogens is 242 g/mol. The lowest BCUT2D eigenvalue weighted by molar-refractivity contribution is 0.531. The maximum Gasteiger partial charge on any atom is 0.0621 e. The summed E-state index contributed by atoms with van der Waals surface area (Å²) in [6.07, 6.45) is 22.5. The maximum atomic E-state index is 8.43. The molecule has 0 aromatic rings. The summed E-state index contributed by atoms with van der Waals surface area (Å²) in [4.78, 5) is 0. The number of hydrogen-bond acceptors (Lipinski definition) is 1. The van der Waals surface area contributed by atoms with E-state index >= 15 is 0 Å². The Balaban J connectivity index is 2.91. The molecule has 0 heterocycles. The van der Waals surface area contributed by atoms with Gasteiger partial charge in [0.1, 0.15) is 0 Å². The van der Waals surface area contributed by atoms with Crippen molar-refractivity contribution in [2.45, 2.75) is 109 Å². The Labute approximate surface area is 128 Å². The lowest BCUT2D eigenvalue weighted by atomic mass is 10.0. The van der Waals surface area contributed by atoms with Crippen molar-refractivity contribution in [3.63, 3.8) is 0 Å². The zero-order valence-electron chi connectivity index (χ0n) is 13.7. The molecule has 1 nitrogen and oxygen atoms in total. The van der Waals surface area contributed by atoms with E-state index in [0.717, 1.165) is 19.3 Å². The summed E-state index contributed by atoms with van der Waals surface area (Å²) in [6.45, 7) is 3.88. The van der Waals surface area contributed by atoms with E-state index in [1.807, 2.05) is 0 Å². The third-order valence-electron chi connectivity index (χ3n) is 4.04. The van der Waals surface area contributed by atoms with Crippen molar-refractivity contribution < 1.29 is 0 Å². The molecule has 0 bridgehead atoms. The summed E-state index contributed by atoms with van der Waals surface area (Å²) >= 11 is 0. The van der Waals surface area contributed by atoms with E-state index in [0.29, 0.717) is 0 Å². The first kappa shape index (κ1) is 19.5. The summed E-state index contributed by atoms with van der Waals surface area (Å²) in [6, 6.07) is 2.21. The predicted octanol–water partition coefficient (Wildman–Crippen LogP) is 6.98. The van der Waals surface area contributed by atoms with Crippen molar-refractivity contribution in [2.75, 3.05) is 0 Å². The second-order valence-electron chi connectivity index (χ2n) is 6.06. The number of rotatable bonds is 16. The van der Waals surface area contributed by atoms with Crippen molar-refractivity contribution in [1.29, 1.82) is 5.26 Å². The number of nitriles is 1. The lowest BCUT2D eigenvalue weighted by Gasteiger charge is -2.03. The van der Waals surface area contributed by atoms with Crippen LogP contribution in [0.25, 0.3) is 0 Å². The molecule has 0 saturated heterocycles. The third kappa shape index (κ3) is 17.5. The molecule has 0 aliphatic rings. The molecule has 1 heteroatoms. The second-order valence-corrected chi connectivity index (χ2v) is 6.06. The fourth-order valence-electron chi connectivity index (χ4n) is 2.68. The molecule has 0 rings (SSSR count). The quantitative estimate of drug-likeness (QED) is 0.279. The second kappa shape index (κ2) is 18.5. The van der Waals surface area contributed by atoms with Gasteiger partial charge in [0.15, 0.2) is 0 Å². The molecule has 0 aliphatic carbocycles. The molecule has 20 heavy (non-hydrogen) atoms. The lowest BCUT2D eigenvalue weighted by Crippen LogP contribution is -1.83. The van der Waals surface area contributed by atoms with E-state index in [-0.39, 0.29) is 0 Å². The number of nitrogens with zero attached hydrogens (tertiary/aromatic N) is 1. The first-order valence-electron chi connectivity index (χ1n) is 9.08. The zero-order valence-corrected chi connectivity index (χ0v) is 13.7. The largest absolute Gasteiger partial charge is 0.198 e. The van der Waals surface area contributed by atoms with Gasteiger partial charge in [-0.2, -0.15) is 5.26 Å². The van der Waals surface area contributed by atoms with E-state index in [2.05, 4.69) is 13.0 Å². The van der Waals surface area contributed by atoms with Crippen LogP contribution in [0.2, 0.25) is 0 Å². The van der Waals surface area contributed by atoms with Crippen LogP contribution in [0.15, 0.2) is 0 Å². The van der Waals surface area contributed by atoms with Crippen LogP contribution in [0, 0.1) is 18.3 Å². The Bertz CT molecular complexity index is 204. The van der Waals surface area contributed by atoms with Crippen molar-refractivity contribution >= 4 is 0 Å². The molecule has 0 unspecified atom stereocenters. The van der Waals surface area contributed by atoms with Gasteiger partial charge >= 0.3 is 0 Å². The van der Waals surface area contributed by atoms with Gasteiger partial charge in [-0.1, -0.05) is 103 Å². The van der Waals surface area contributed by atoms with Crippen LogP contribution in [0.4, 0.5) is 0 Å². The van der Waals surface area contributed by atoms with Gasteiger partial charge in [0.2, 0.25) is 0 Å². The summed E-state index contributed by atoms with van der Waals surface area (Å²) in [5.41, 5.74) is 0. The van der Waals surface area contributed by atoms with E-state index < -0.39 is 0 Å². The molecule has 0 spiro atoms. The van der Waals surface area contributed by atoms with Crippen LogP contribution in [0.5, 0.6) is 0 Å². The van der Waals surface area contributed by atoms with Crippen molar-refractivity contribution in [2.24, 2.45) is 0 Å². The molecule has 0 amide bonds. The standard InChI is InChI=1S/C19H36N/c1-2-3-4-5-6-7-8-9-10-11-12-13-14-15-16-17-18-19-20/h1-18H2. The van der Waals surface area contributed by atoms with E-state index in [1.54, 1.807) is 0 Å². The molecule has 0 aromatic carbocycles. The van der Waals surface area contributed by atoms with E-state index in [1.165, 1.54) is 89.9 Å². The van der Waals surface area contributed by atoms with Crippen molar-refractivity contribution in [1.82, 2.24) is 0 Å². The topological polar surface area (TPSA) is 23.8 Å². The maximum absolute atomic E-state index is 8.43. The van der Waals surface area contributed by atoms with Crippen LogP contribution >= 0.6 is 0 Å². The third-order valence-corrected chi connectivity index (χ3v) is 4.04. The first-order chi connectivity index (χ1) is 9.91. The van der Waals surface area contributed by atoms with Crippen LogP contribution in [0.1, 0.15) is 109 Å². The fraction of sp³-hybridized carbons (Fsp3) is 0.895. The van der Waals surface area contributed by atoms with Crippen molar-refractivity contribution in [3.05, 3.63) is 6.92 Å². The predicted molar refractivity (Wildman–Crippen MR) is 89.5 cm³/mol. The van der Waals surface area contributed by atoms with Gasteiger partial charge in [-0.05, 0) is 6.42 Å². The minimum absolute atomic E-state index is 0.745. The summed E-state index contributed by atoms with van der Waals surface area (Å²) in [5, 5.41) is 8.43. The average Bonchev–Trinajstić information content (AvgIpc) is 2.47. The van der Waals surface area contributed by atoms with Gasteiger partial charge in [-0.25, -0.2) is 0 Å². The molecule has 1 radical (unpaired) electrons. The smallest absolute Gasteiger partial charge is 0.0621 e. The van der Waals surface area contributed by atoms with Gasteiger partial charge in [0, 0.05) is 6.42 Å². The van der Waals surface area contributed by atoms with Gasteiger partial charge in [0.25, 0.3) is 0 Å². The van der Waals surface area contributed by atoms with Crippen LogP contribution < -0.4 is 0 Å². The normalized spacial score (nSPS) is 10.6. The minimum Gasteiger partial charge on any atom is -0.198 e. The van der Waals surface area contributed by atoms with Crippen LogP contribution in [-0.4, -0.2) is 0 Å². The molecule has 0 saturated carbocycles. The molecule has 0 atom stereocenters. The van der Waals surface area contributed by atoms with Crippen LogP contribution in [-0.2, 0) is 0 Å². The zero-order chi connectivity index (χ0) is 14.7. The Hall–Kier alpha value is -0.510. The van der Waals surface area contributed by atoms with Gasteiger partial charge in [-0.15, -0.1) is 0 Å². The van der Waals surface area contributed by atoms with E-state index in [9.17, 15) is 0 Å². The highest BCUT2D eigenvalue weighted by molar-refractivity contribution is 4.67. The first-order valence-corrected chi connectivity index (χ1v) is 9.08. The molecular formula is C19H36N. The SMILES string of the molecule is [CH2]CCCCCCCCCCCCCCCCCC#N. The number of unbranched alkanes of at least 4 members (excludes halogenated alkanes) is 16. The molecule has 0 fully saturated rings. The molecule has 0 aliphatic heterocycles. The van der Waals surface area contributed by atoms with Crippen LogP contribution in [0.3, 0.4) is 0 Å². The molecule has 0 aromatic heterocycles. The summed E-state index contributed by atoms with van der Waals surface area (Å²) < 4.78 is 0. The summed E-state index contributed by atoms with van der Waals surface area (Å²) in [7, 11) is 0. The van der Waals surface area contributed by atoms with Gasteiger partial charge in [-0.3, -0.25) is 0 Å².